The van der Waals surface area contributed by atoms with Crippen LogP contribution in [0.25, 0.3) is 33.7 Å². The Morgan fingerprint density at radius 1 is 1.00 bits per heavy atom. The molecule has 0 spiro atoms. The number of nitrogens with zero attached hydrogens (tertiary/aromatic N) is 4. The van der Waals surface area contributed by atoms with Gasteiger partial charge in [-0.2, -0.15) is 0 Å². The molecule has 3 aromatic heterocycles. The SMILES string of the molecule is CCc1nc2c(C)cc(C)nc2n1Cc1ccc(-c2ccccc2)c(-c2noc(=O)[nH]2)c1. The van der Waals surface area contributed by atoms with Gasteiger partial charge in [0, 0.05) is 17.7 Å². The Balaban J connectivity index is 1.65. The van der Waals surface area contributed by atoms with Crippen molar-refractivity contribution in [2.45, 2.75) is 33.7 Å². The number of benzene rings is 2. The van der Waals surface area contributed by atoms with Crippen LogP contribution in [0.2, 0.25) is 0 Å². The average Bonchev–Trinajstić information content (AvgIpc) is 3.38. The van der Waals surface area contributed by atoms with E-state index in [4.69, 9.17) is 14.5 Å². The van der Waals surface area contributed by atoms with Crippen molar-refractivity contribution >= 4 is 11.2 Å². The highest BCUT2D eigenvalue weighted by molar-refractivity contribution is 5.81. The smallest absolute Gasteiger partial charge is 0.308 e. The van der Waals surface area contributed by atoms with E-state index in [2.05, 4.69) is 46.8 Å². The van der Waals surface area contributed by atoms with Crippen molar-refractivity contribution < 1.29 is 4.52 Å². The second kappa shape index (κ2) is 7.92. The zero-order valence-electron chi connectivity index (χ0n) is 18.2. The largest absolute Gasteiger partial charge is 0.439 e. The van der Waals surface area contributed by atoms with Crippen molar-refractivity contribution in [1.29, 1.82) is 0 Å². The van der Waals surface area contributed by atoms with Crippen LogP contribution in [0.5, 0.6) is 0 Å². The number of nitrogens with one attached hydrogen (secondary N) is 1. The minimum atomic E-state index is -0.576. The molecule has 5 aromatic rings. The Hall–Kier alpha value is -4.00. The lowest BCUT2D eigenvalue weighted by Gasteiger charge is -2.12. The predicted octanol–water partition coefficient (Wildman–Crippen LogP) is 4.67. The number of pyridine rings is 1. The van der Waals surface area contributed by atoms with Gasteiger partial charge in [0.05, 0.1) is 6.54 Å². The zero-order valence-corrected chi connectivity index (χ0v) is 18.2. The minimum Gasteiger partial charge on any atom is -0.308 e. The van der Waals surface area contributed by atoms with Gasteiger partial charge < -0.3 is 4.57 Å². The summed E-state index contributed by atoms with van der Waals surface area (Å²) in [7, 11) is 0. The van der Waals surface area contributed by atoms with E-state index in [1.54, 1.807) is 0 Å². The van der Waals surface area contributed by atoms with Crippen LogP contribution >= 0.6 is 0 Å². The van der Waals surface area contributed by atoms with Gasteiger partial charge in [-0.3, -0.25) is 9.51 Å². The third-order valence-corrected chi connectivity index (χ3v) is 5.62. The van der Waals surface area contributed by atoms with Gasteiger partial charge in [0.2, 0.25) is 0 Å². The molecule has 0 saturated carbocycles. The molecule has 0 aliphatic heterocycles. The molecule has 32 heavy (non-hydrogen) atoms. The number of hydrogen-bond acceptors (Lipinski definition) is 5. The quantitative estimate of drug-likeness (QED) is 0.442. The van der Waals surface area contributed by atoms with Crippen molar-refractivity contribution in [1.82, 2.24) is 24.7 Å². The number of H-pyrrole nitrogens is 1. The summed E-state index contributed by atoms with van der Waals surface area (Å²) in [5.74, 6) is 0.824. The van der Waals surface area contributed by atoms with E-state index in [1.165, 1.54) is 0 Å². The number of aryl methyl sites for hydroxylation is 3. The van der Waals surface area contributed by atoms with E-state index in [-0.39, 0.29) is 0 Å². The molecule has 0 radical (unpaired) electrons. The first kappa shape index (κ1) is 19.9. The fourth-order valence-corrected chi connectivity index (χ4v) is 4.17. The van der Waals surface area contributed by atoms with E-state index in [1.807, 2.05) is 43.3 Å². The van der Waals surface area contributed by atoms with Crippen LogP contribution in [0, 0.1) is 13.8 Å². The number of hydrogen-bond donors (Lipinski definition) is 1. The van der Waals surface area contributed by atoms with E-state index >= 15 is 0 Å². The van der Waals surface area contributed by atoms with Gasteiger partial charge in [-0.25, -0.2) is 14.8 Å². The van der Waals surface area contributed by atoms with E-state index in [9.17, 15) is 4.79 Å². The fraction of sp³-hybridized carbons (Fsp3) is 0.200. The molecule has 0 aliphatic rings. The highest BCUT2D eigenvalue weighted by Gasteiger charge is 2.16. The Bertz CT molecular complexity index is 1480. The molecule has 160 valence electrons. The van der Waals surface area contributed by atoms with Crippen LogP contribution in [0.15, 0.2) is 63.9 Å². The summed E-state index contributed by atoms with van der Waals surface area (Å²) >= 11 is 0. The summed E-state index contributed by atoms with van der Waals surface area (Å²) in [6.45, 7) is 6.79. The number of fused-ring (bicyclic) bond motifs is 1. The van der Waals surface area contributed by atoms with Gasteiger partial charge in [-0.15, -0.1) is 0 Å². The maximum absolute atomic E-state index is 11.6. The number of rotatable bonds is 5. The van der Waals surface area contributed by atoms with Gasteiger partial charge in [-0.05, 0) is 48.2 Å². The molecule has 0 aliphatic carbocycles. The first-order valence-electron chi connectivity index (χ1n) is 10.6. The van der Waals surface area contributed by atoms with Gasteiger partial charge in [-0.1, -0.05) is 54.5 Å². The molecular formula is C25H23N5O2. The Morgan fingerprint density at radius 3 is 2.53 bits per heavy atom. The summed E-state index contributed by atoms with van der Waals surface area (Å²) in [6.07, 6.45) is 0.806. The van der Waals surface area contributed by atoms with Crippen LogP contribution in [-0.2, 0) is 13.0 Å². The predicted molar refractivity (Wildman–Crippen MR) is 123 cm³/mol. The normalized spacial score (nSPS) is 11.3. The maximum Gasteiger partial charge on any atom is 0.439 e. The maximum atomic E-state index is 11.6. The van der Waals surface area contributed by atoms with Gasteiger partial charge in [0.15, 0.2) is 11.5 Å². The van der Waals surface area contributed by atoms with Crippen LogP contribution in [0.1, 0.15) is 29.6 Å². The molecule has 5 rings (SSSR count). The van der Waals surface area contributed by atoms with Gasteiger partial charge >= 0.3 is 5.76 Å². The summed E-state index contributed by atoms with van der Waals surface area (Å²) < 4.78 is 6.96. The van der Waals surface area contributed by atoms with Crippen molar-refractivity contribution in [3.05, 3.63) is 87.8 Å². The molecular weight excluding hydrogens is 402 g/mol. The molecule has 0 amide bonds. The first-order valence-corrected chi connectivity index (χ1v) is 10.6. The second-order valence-corrected chi connectivity index (χ2v) is 7.91. The minimum absolute atomic E-state index is 0.409. The topological polar surface area (TPSA) is 89.6 Å². The zero-order chi connectivity index (χ0) is 22.2. The third kappa shape index (κ3) is 3.51. The van der Waals surface area contributed by atoms with Crippen LogP contribution < -0.4 is 5.76 Å². The van der Waals surface area contributed by atoms with Crippen LogP contribution in [0.3, 0.4) is 0 Å². The Morgan fingerprint density at radius 2 is 1.81 bits per heavy atom. The molecule has 3 heterocycles. The van der Waals surface area contributed by atoms with E-state index in [0.717, 1.165) is 56.9 Å². The average molecular weight is 425 g/mol. The summed E-state index contributed by atoms with van der Waals surface area (Å²) in [5, 5.41) is 3.94. The summed E-state index contributed by atoms with van der Waals surface area (Å²) in [6, 6.07) is 18.3. The molecule has 0 bridgehead atoms. The third-order valence-electron chi connectivity index (χ3n) is 5.62. The second-order valence-electron chi connectivity index (χ2n) is 7.91. The van der Waals surface area contributed by atoms with Gasteiger partial charge in [0.1, 0.15) is 11.3 Å². The molecule has 0 unspecified atom stereocenters. The van der Waals surface area contributed by atoms with Crippen molar-refractivity contribution in [3.8, 4) is 22.5 Å². The van der Waals surface area contributed by atoms with E-state index in [0.29, 0.717) is 12.4 Å². The number of aromatic nitrogens is 5. The number of imidazole rings is 1. The lowest BCUT2D eigenvalue weighted by atomic mass is 9.97. The molecule has 2 aromatic carbocycles. The van der Waals surface area contributed by atoms with Crippen LogP contribution in [0.4, 0.5) is 0 Å². The van der Waals surface area contributed by atoms with Crippen molar-refractivity contribution in [3.63, 3.8) is 0 Å². The lowest BCUT2D eigenvalue weighted by Crippen LogP contribution is -2.06. The molecule has 1 N–H and O–H groups in total. The molecule has 0 saturated heterocycles. The fourth-order valence-electron chi connectivity index (χ4n) is 4.17. The molecule has 7 nitrogen and oxygen atoms in total. The summed E-state index contributed by atoms with van der Waals surface area (Å²) in [4.78, 5) is 24.0. The highest BCUT2D eigenvalue weighted by atomic mass is 16.5. The monoisotopic (exact) mass is 425 g/mol. The van der Waals surface area contributed by atoms with E-state index < -0.39 is 5.76 Å². The Labute approximate surface area is 184 Å². The van der Waals surface area contributed by atoms with Crippen molar-refractivity contribution in [2.75, 3.05) is 0 Å². The molecule has 0 fully saturated rings. The number of aromatic amines is 1. The summed E-state index contributed by atoms with van der Waals surface area (Å²) in [5.41, 5.74) is 7.79. The Kier molecular flexibility index (Phi) is 4.93. The highest BCUT2D eigenvalue weighted by Crippen LogP contribution is 2.31. The van der Waals surface area contributed by atoms with Gasteiger partial charge in [0.25, 0.3) is 0 Å². The molecule has 7 heteroatoms. The standard InChI is InChI=1S/C25H23N5O2/c1-4-21-27-22-15(2)12-16(3)26-24(22)30(21)14-17-10-11-19(18-8-6-5-7-9-18)20(13-17)23-28-25(31)32-29-23/h5-13H,4,14H2,1-3H3,(H,28,29,31). The van der Waals surface area contributed by atoms with Crippen LogP contribution in [-0.4, -0.2) is 24.7 Å². The lowest BCUT2D eigenvalue weighted by molar-refractivity contribution is 0.388. The molecule has 0 atom stereocenters. The van der Waals surface area contributed by atoms with Crippen molar-refractivity contribution in [2.24, 2.45) is 0 Å². The first-order chi connectivity index (χ1) is 15.5.